The van der Waals surface area contributed by atoms with Gasteiger partial charge in [-0.25, -0.2) is 0 Å². The molecule has 0 aromatic carbocycles. The van der Waals surface area contributed by atoms with Crippen molar-refractivity contribution in [2.45, 2.75) is 19.8 Å². The quantitative estimate of drug-likeness (QED) is 0.851. The van der Waals surface area contributed by atoms with Crippen molar-refractivity contribution in [1.29, 1.82) is 0 Å². The van der Waals surface area contributed by atoms with Crippen LogP contribution in [-0.4, -0.2) is 28.1 Å². The number of nitrogens with zero attached hydrogens (tertiary/aromatic N) is 3. The monoisotopic (exact) mass is 298 g/mol. The van der Waals surface area contributed by atoms with E-state index in [1.165, 1.54) is 5.56 Å². The predicted octanol–water partition coefficient (Wildman–Crippen LogP) is 3.03. The molecule has 0 radical (unpaired) electrons. The number of hydrogen-bond donors (Lipinski definition) is 1. The van der Waals surface area contributed by atoms with Crippen molar-refractivity contribution in [2.24, 2.45) is 0 Å². The van der Waals surface area contributed by atoms with E-state index < -0.39 is 0 Å². The zero-order valence-electron chi connectivity index (χ0n) is 10.6. The van der Waals surface area contributed by atoms with Gasteiger partial charge in [0, 0.05) is 6.54 Å². The highest BCUT2D eigenvalue weighted by Gasteiger charge is 2.05. The molecule has 0 aliphatic rings. The normalized spacial score (nSPS) is 10.4. The molecular formula is C12H15ClN4OS. The van der Waals surface area contributed by atoms with E-state index >= 15 is 0 Å². The standard InChI is InChI=1S/C12H15ClN4OS/c1-2-6-18-12-16-10(13)15-11(17-12)14-5-3-9-4-7-19-8-9/h4,7-8H,2-3,5-6H2,1H3,(H,14,15,16,17). The molecule has 0 amide bonds. The van der Waals surface area contributed by atoms with Crippen LogP contribution in [-0.2, 0) is 6.42 Å². The van der Waals surface area contributed by atoms with Crippen LogP contribution in [0.5, 0.6) is 6.01 Å². The molecule has 0 fully saturated rings. The van der Waals surface area contributed by atoms with Gasteiger partial charge in [0.25, 0.3) is 0 Å². The van der Waals surface area contributed by atoms with Gasteiger partial charge in [-0.2, -0.15) is 26.3 Å². The van der Waals surface area contributed by atoms with Gasteiger partial charge in [0.15, 0.2) is 0 Å². The molecule has 2 aromatic rings. The Kier molecular flexibility index (Phi) is 5.35. The Morgan fingerprint density at radius 3 is 3.00 bits per heavy atom. The summed E-state index contributed by atoms with van der Waals surface area (Å²) in [4.78, 5) is 12.1. The Labute approximate surface area is 121 Å². The Morgan fingerprint density at radius 2 is 2.26 bits per heavy atom. The number of nitrogens with one attached hydrogen (secondary N) is 1. The molecule has 7 heteroatoms. The number of ether oxygens (including phenoxy) is 1. The third-order valence-electron chi connectivity index (χ3n) is 2.30. The maximum absolute atomic E-state index is 5.83. The minimum Gasteiger partial charge on any atom is -0.463 e. The van der Waals surface area contributed by atoms with Gasteiger partial charge in [0.05, 0.1) is 6.61 Å². The summed E-state index contributed by atoms with van der Waals surface area (Å²) in [6, 6.07) is 2.36. The summed E-state index contributed by atoms with van der Waals surface area (Å²) in [6.07, 6.45) is 1.81. The first-order chi connectivity index (χ1) is 9.28. The van der Waals surface area contributed by atoms with Gasteiger partial charge < -0.3 is 10.1 Å². The molecule has 2 rings (SSSR count). The first-order valence-corrected chi connectivity index (χ1v) is 7.39. The topological polar surface area (TPSA) is 59.9 Å². The van der Waals surface area contributed by atoms with Gasteiger partial charge in [-0.15, -0.1) is 0 Å². The molecule has 0 unspecified atom stereocenters. The van der Waals surface area contributed by atoms with Crippen molar-refractivity contribution < 1.29 is 4.74 Å². The Hall–Kier alpha value is -1.40. The number of rotatable bonds is 7. The summed E-state index contributed by atoms with van der Waals surface area (Å²) in [6.45, 7) is 3.32. The Morgan fingerprint density at radius 1 is 1.37 bits per heavy atom. The third-order valence-corrected chi connectivity index (χ3v) is 3.20. The molecular weight excluding hydrogens is 284 g/mol. The molecule has 5 nitrogen and oxygen atoms in total. The molecule has 2 heterocycles. The zero-order valence-corrected chi connectivity index (χ0v) is 12.2. The van der Waals surface area contributed by atoms with Gasteiger partial charge in [0.2, 0.25) is 11.2 Å². The lowest BCUT2D eigenvalue weighted by Crippen LogP contribution is -2.10. The molecule has 2 aromatic heterocycles. The van der Waals surface area contributed by atoms with Gasteiger partial charge in [-0.1, -0.05) is 6.92 Å². The van der Waals surface area contributed by atoms with Crippen molar-refractivity contribution >= 4 is 28.9 Å². The van der Waals surface area contributed by atoms with E-state index in [-0.39, 0.29) is 11.3 Å². The van der Waals surface area contributed by atoms with Crippen LogP contribution in [0.15, 0.2) is 16.8 Å². The second kappa shape index (κ2) is 7.25. The average molecular weight is 299 g/mol. The van der Waals surface area contributed by atoms with Crippen molar-refractivity contribution in [2.75, 3.05) is 18.5 Å². The minimum absolute atomic E-state index is 0.138. The maximum Gasteiger partial charge on any atom is 0.322 e. The fourth-order valence-corrected chi connectivity index (χ4v) is 2.28. The van der Waals surface area contributed by atoms with Gasteiger partial charge >= 0.3 is 6.01 Å². The summed E-state index contributed by atoms with van der Waals surface area (Å²) in [5.41, 5.74) is 1.29. The highest BCUT2D eigenvalue weighted by molar-refractivity contribution is 7.07. The fraction of sp³-hybridized carbons (Fsp3) is 0.417. The highest BCUT2D eigenvalue weighted by Crippen LogP contribution is 2.12. The first-order valence-electron chi connectivity index (χ1n) is 6.07. The second-order valence-electron chi connectivity index (χ2n) is 3.87. The van der Waals surface area contributed by atoms with Crippen molar-refractivity contribution in [3.63, 3.8) is 0 Å². The van der Waals surface area contributed by atoms with Crippen LogP contribution in [0, 0.1) is 0 Å². The van der Waals surface area contributed by atoms with Crippen LogP contribution in [0.3, 0.4) is 0 Å². The number of aromatic nitrogens is 3. The summed E-state index contributed by atoms with van der Waals surface area (Å²) in [7, 11) is 0. The minimum atomic E-state index is 0.138. The fourth-order valence-electron chi connectivity index (χ4n) is 1.42. The van der Waals surface area contributed by atoms with E-state index in [4.69, 9.17) is 16.3 Å². The molecule has 0 aliphatic carbocycles. The van der Waals surface area contributed by atoms with Gasteiger partial charge in [-0.3, -0.25) is 0 Å². The number of anilines is 1. The van der Waals surface area contributed by atoms with Crippen molar-refractivity contribution in [3.8, 4) is 6.01 Å². The lowest BCUT2D eigenvalue weighted by molar-refractivity contribution is 0.291. The Bertz CT molecular complexity index is 506. The number of hydrogen-bond acceptors (Lipinski definition) is 6. The van der Waals surface area contributed by atoms with E-state index in [1.807, 2.05) is 6.92 Å². The van der Waals surface area contributed by atoms with E-state index in [0.29, 0.717) is 12.6 Å². The molecule has 1 N–H and O–H groups in total. The van der Waals surface area contributed by atoms with Crippen molar-refractivity contribution in [3.05, 3.63) is 27.7 Å². The van der Waals surface area contributed by atoms with E-state index in [2.05, 4.69) is 37.1 Å². The molecule has 0 bridgehead atoms. The molecule has 0 atom stereocenters. The average Bonchev–Trinajstić information content (AvgIpc) is 2.89. The van der Waals surface area contributed by atoms with Gasteiger partial charge in [0.1, 0.15) is 0 Å². The summed E-state index contributed by atoms with van der Waals surface area (Å²) in [5, 5.41) is 7.44. The molecule has 19 heavy (non-hydrogen) atoms. The smallest absolute Gasteiger partial charge is 0.322 e. The lowest BCUT2D eigenvalue weighted by atomic mass is 10.2. The third kappa shape index (κ3) is 4.65. The summed E-state index contributed by atoms with van der Waals surface area (Å²) < 4.78 is 5.34. The second-order valence-corrected chi connectivity index (χ2v) is 4.99. The highest BCUT2D eigenvalue weighted by atomic mass is 35.5. The summed E-state index contributed by atoms with van der Waals surface area (Å²) in [5.74, 6) is 0.446. The van der Waals surface area contributed by atoms with Crippen molar-refractivity contribution in [1.82, 2.24) is 15.0 Å². The Balaban J connectivity index is 1.90. The van der Waals surface area contributed by atoms with E-state index in [9.17, 15) is 0 Å². The first kappa shape index (κ1) is 14.0. The SMILES string of the molecule is CCCOc1nc(Cl)nc(NCCc2ccsc2)n1. The van der Waals surface area contributed by atoms with Gasteiger partial charge in [-0.05, 0) is 46.8 Å². The number of thiophene rings is 1. The number of halogens is 1. The lowest BCUT2D eigenvalue weighted by Gasteiger charge is -2.06. The largest absolute Gasteiger partial charge is 0.463 e. The van der Waals surface area contributed by atoms with Crippen LogP contribution in [0.4, 0.5) is 5.95 Å². The van der Waals surface area contributed by atoms with Crippen LogP contribution in [0.1, 0.15) is 18.9 Å². The molecule has 0 spiro atoms. The van der Waals surface area contributed by atoms with E-state index in [0.717, 1.165) is 19.4 Å². The molecule has 0 saturated carbocycles. The van der Waals surface area contributed by atoms with Crippen LogP contribution in [0.25, 0.3) is 0 Å². The van der Waals surface area contributed by atoms with Crippen LogP contribution < -0.4 is 10.1 Å². The zero-order chi connectivity index (χ0) is 13.5. The summed E-state index contributed by atoms with van der Waals surface area (Å²) >= 11 is 7.52. The molecule has 0 saturated heterocycles. The van der Waals surface area contributed by atoms with Crippen LogP contribution in [0.2, 0.25) is 5.28 Å². The van der Waals surface area contributed by atoms with E-state index in [1.54, 1.807) is 11.3 Å². The maximum atomic E-state index is 5.83. The predicted molar refractivity (Wildman–Crippen MR) is 77.1 cm³/mol. The van der Waals surface area contributed by atoms with Crippen LogP contribution >= 0.6 is 22.9 Å². The molecule has 0 aliphatic heterocycles. The molecule has 102 valence electrons.